The summed E-state index contributed by atoms with van der Waals surface area (Å²) in [6, 6.07) is 6.84. The van der Waals surface area contributed by atoms with Crippen molar-refractivity contribution in [1.29, 1.82) is 0 Å². The van der Waals surface area contributed by atoms with Crippen molar-refractivity contribution in [1.82, 2.24) is 35.1 Å². The molecule has 0 bridgehead atoms. The Labute approximate surface area is 222 Å². The van der Waals surface area contributed by atoms with E-state index in [0.717, 1.165) is 30.5 Å². The summed E-state index contributed by atoms with van der Waals surface area (Å²) in [4.78, 5) is 16.8. The van der Waals surface area contributed by atoms with E-state index in [4.69, 9.17) is 4.52 Å². The summed E-state index contributed by atoms with van der Waals surface area (Å²) in [6.45, 7) is 7.49. The predicted octanol–water partition coefficient (Wildman–Crippen LogP) is 4.47. The van der Waals surface area contributed by atoms with E-state index in [1.54, 1.807) is 29.1 Å². The molecule has 0 aliphatic carbocycles. The molecule has 1 aliphatic heterocycles. The summed E-state index contributed by atoms with van der Waals surface area (Å²) in [5.41, 5.74) is 1.10. The SMILES string of the molecule is CC(C)(C)n1cc(C(=O)NCc2nc(-c3cc4c(N[C@H]5CCCNC5)cccc4n3C(F)C(F)F)no2)cn1. The third kappa shape index (κ3) is 5.63. The number of hydrogen-bond donors (Lipinski definition) is 3. The van der Waals surface area contributed by atoms with Crippen molar-refractivity contribution in [3.05, 3.63) is 48.1 Å². The highest BCUT2D eigenvalue weighted by Gasteiger charge is 2.29. The molecular weight excluding hydrogens is 513 g/mol. The number of anilines is 1. The zero-order valence-electron chi connectivity index (χ0n) is 21.9. The van der Waals surface area contributed by atoms with Crippen LogP contribution in [0.5, 0.6) is 0 Å². The first kappa shape index (κ1) is 26.7. The van der Waals surface area contributed by atoms with Crippen LogP contribution in [0, 0.1) is 0 Å². The van der Waals surface area contributed by atoms with Crippen LogP contribution in [0.4, 0.5) is 18.9 Å². The van der Waals surface area contributed by atoms with Crippen molar-refractivity contribution in [2.24, 2.45) is 0 Å². The van der Waals surface area contributed by atoms with Crippen LogP contribution in [0.3, 0.4) is 0 Å². The van der Waals surface area contributed by atoms with E-state index in [9.17, 15) is 18.0 Å². The molecule has 13 heteroatoms. The Balaban J connectivity index is 1.40. The first-order valence-electron chi connectivity index (χ1n) is 12.8. The van der Waals surface area contributed by atoms with Gasteiger partial charge in [0.2, 0.25) is 18.0 Å². The smallest absolute Gasteiger partial charge is 0.288 e. The fourth-order valence-electron chi connectivity index (χ4n) is 4.62. The monoisotopic (exact) mass is 544 g/mol. The number of halogens is 3. The highest BCUT2D eigenvalue weighted by atomic mass is 19.3. The number of fused-ring (bicyclic) bond motifs is 1. The summed E-state index contributed by atoms with van der Waals surface area (Å²) in [5, 5.41) is 18.1. The van der Waals surface area contributed by atoms with Gasteiger partial charge in [-0.3, -0.25) is 9.48 Å². The Bertz CT molecular complexity index is 1450. The average molecular weight is 545 g/mol. The van der Waals surface area contributed by atoms with Gasteiger partial charge in [0.05, 0.1) is 35.1 Å². The quantitative estimate of drug-likeness (QED) is 0.300. The Kier molecular flexibility index (Phi) is 7.34. The van der Waals surface area contributed by atoms with Gasteiger partial charge >= 0.3 is 0 Å². The maximum absolute atomic E-state index is 14.9. The van der Waals surface area contributed by atoms with Crippen LogP contribution < -0.4 is 16.0 Å². The lowest BCUT2D eigenvalue weighted by Gasteiger charge is -2.25. The molecule has 1 aromatic carbocycles. The summed E-state index contributed by atoms with van der Waals surface area (Å²) in [7, 11) is 0. The molecule has 4 heterocycles. The van der Waals surface area contributed by atoms with Gasteiger partial charge in [0, 0.05) is 29.9 Å². The van der Waals surface area contributed by atoms with E-state index in [-0.39, 0.29) is 41.1 Å². The van der Waals surface area contributed by atoms with E-state index in [2.05, 4.69) is 31.2 Å². The topological polar surface area (TPSA) is 115 Å². The number of piperidine rings is 1. The van der Waals surface area contributed by atoms with Gasteiger partial charge in [0.15, 0.2) is 0 Å². The molecule has 1 unspecified atom stereocenters. The molecule has 5 rings (SSSR count). The Hall–Kier alpha value is -3.87. The molecule has 39 heavy (non-hydrogen) atoms. The number of hydrogen-bond acceptors (Lipinski definition) is 7. The largest absolute Gasteiger partial charge is 0.380 e. The van der Waals surface area contributed by atoms with E-state index in [1.165, 1.54) is 6.20 Å². The number of aromatic nitrogens is 5. The minimum absolute atomic E-state index is 0.0393. The number of carbonyl (C=O) groups excluding carboxylic acids is 1. The maximum atomic E-state index is 14.9. The minimum atomic E-state index is -3.27. The number of nitrogens with zero attached hydrogens (tertiary/aromatic N) is 5. The van der Waals surface area contributed by atoms with Crippen LogP contribution in [-0.2, 0) is 12.1 Å². The molecular formula is C26H31F3N8O2. The molecule has 10 nitrogen and oxygen atoms in total. The summed E-state index contributed by atoms with van der Waals surface area (Å²) in [5.74, 6) is -0.421. The third-order valence-corrected chi connectivity index (χ3v) is 6.62. The van der Waals surface area contributed by atoms with Crippen molar-refractivity contribution < 1.29 is 22.5 Å². The zero-order valence-corrected chi connectivity index (χ0v) is 21.9. The van der Waals surface area contributed by atoms with Crippen LogP contribution in [0.15, 0.2) is 41.2 Å². The number of carbonyl (C=O) groups is 1. The molecule has 0 spiro atoms. The zero-order chi connectivity index (χ0) is 27.7. The number of alkyl halides is 3. The number of amides is 1. The lowest BCUT2D eigenvalue weighted by molar-refractivity contribution is 0.0114. The van der Waals surface area contributed by atoms with Crippen molar-refractivity contribution in [3.8, 4) is 11.5 Å². The molecule has 3 aromatic heterocycles. The first-order valence-corrected chi connectivity index (χ1v) is 12.8. The fraction of sp³-hybridized carbons (Fsp3) is 0.462. The lowest BCUT2D eigenvalue weighted by atomic mass is 10.1. The summed E-state index contributed by atoms with van der Waals surface area (Å²) >= 11 is 0. The van der Waals surface area contributed by atoms with E-state index in [1.807, 2.05) is 26.8 Å². The van der Waals surface area contributed by atoms with Gasteiger partial charge in [-0.1, -0.05) is 11.2 Å². The Morgan fingerprint density at radius 3 is 2.79 bits per heavy atom. The maximum Gasteiger partial charge on any atom is 0.288 e. The lowest BCUT2D eigenvalue weighted by Crippen LogP contribution is -2.38. The molecule has 208 valence electrons. The molecule has 0 radical (unpaired) electrons. The highest BCUT2D eigenvalue weighted by molar-refractivity contribution is 5.96. The van der Waals surface area contributed by atoms with Gasteiger partial charge in [0.1, 0.15) is 0 Å². The van der Waals surface area contributed by atoms with Crippen LogP contribution in [0.25, 0.3) is 22.4 Å². The molecule has 0 saturated carbocycles. The minimum Gasteiger partial charge on any atom is -0.380 e. The molecule has 1 saturated heterocycles. The van der Waals surface area contributed by atoms with Gasteiger partial charge in [0.25, 0.3) is 12.3 Å². The van der Waals surface area contributed by atoms with Crippen LogP contribution in [0.1, 0.15) is 56.2 Å². The molecule has 2 atom stereocenters. The van der Waals surface area contributed by atoms with Crippen molar-refractivity contribution >= 4 is 22.5 Å². The summed E-state index contributed by atoms with van der Waals surface area (Å²) in [6.07, 6.45) is -0.828. The van der Waals surface area contributed by atoms with E-state index >= 15 is 0 Å². The third-order valence-electron chi connectivity index (χ3n) is 6.62. The average Bonchev–Trinajstić information content (AvgIpc) is 3.66. The molecule has 3 N–H and O–H groups in total. The molecule has 1 fully saturated rings. The number of rotatable bonds is 8. The number of nitrogens with one attached hydrogen (secondary N) is 3. The van der Waals surface area contributed by atoms with E-state index < -0.39 is 18.6 Å². The Morgan fingerprint density at radius 2 is 2.10 bits per heavy atom. The first-order chi connectivity index (χ1) is 18.6. The molecule has 1 aliphatic rings. The Morgan fingerprint density at radius 1 is 1.28 bits per heavy atom. The van der Waals surface area contributed by atoms with Crippen molar-refractivity contribution in [3.63, 3.8) is 0 Å². The second-order valence-corrected chi connectivity index (χ2v) is 10.6. The second kappa shape index (κ2) is 10.7. The number of benzene rings is 1. The second-order valence-electron chi connectivity index (χ2n) is 10.6. The molecule has 4 aromatic rings. The highest BCUT2D eigenvalue weighted by Crippen LogP contribution is 2.36. The normalized spacial score (nSPS) is 17.1. The van der Waals surface area contributed by atoms with Crippen molar-refractivity contribution in [2.75, 3.05) is 18.4 Å². The predicted molar refractivity (Wildman–Crippen MR) is 139 cm³/mol. The van der Waals surface area contributed by atoms with Gasteiger partial charge in [-0.15, -0.1) is 0 Å². The van der Waals surface area contributed by atoms with Gasteiger partial charge in [-0.2, -0.15) is 10.1 Å². The summed E-state index contributed by atoms with van der Waals surface area (Å²) < 4.78 is 50.0. The molecule has 1 amide bonds. The fourth-order valence-corrected chi connectivity index (χ4v) is 4.62. The van der Waals surface area contributed by atoms with E-state index in [0.29, 0.717) is 16.6 Å². The van der Waals surface area contributed by atoms with Crippen LogP contribution >= 0.6 is 0 Å². The van der Waals surface area contributed by atoms with Crippen LogP contribution in [0.2, 0.25) is 0 Å². The standard InChI is InChI=1S/C26H31F3N8O2/c1-26(2,3)36-14-15(11-32-36)25(38)31-13-21-34-24(35-39-21)20-10-17-18(33-16-6-5-9-30-12-16)7-4-8-19(17)37(20)23(29)22(27)28/h4,7-8,10-11,14,16,22-23,30,33H,5-6,9,12-13H2,1-3H3,(H,31,38)/t16-,23?/m0/s1. The van der Waals surface area contributed by atoms with Gasteiger partial charge in [-0.05, 0) is 58.4 Å². The van der Waals surface area contributed by atoms with Gasteiger partial charge in [-0.25, -0.2) is 13.2 Å². The van der Waals surface area contributed by atoms with Gasteiger partial charge < -0.3 is 25.0 Å². The van der Waals surface area contributed by atoms with Crippen LogP contribution in [-0.4, -0.2) is 56.0 Å². The van der Waals surface area contributed by atoms with Crippen molar-refractivity contribution in [2.45, 2.75) is 64.5 Å².